The Morgan fingerprint density at radius 1 is 1.50 bits per heavy atom. The molecule has 0 amide bonds. The Morgan fingerprint density at radius 3 is 2.75 bits per heavy atom. The average Bonchev–Trinajstić information content (AvgIpc) is 2.61. The number of aryl methyl sites for hydroxylation is 2. The van der Waals surface area contributed by atoms with E-state index < -0.39 is 6.10 Å². The number of rotatable bonds is 4. The minimum Gasteiger partial charge on any atom is -0.488 e. The summed E-state index contributed by atoms with van der Waals surface area (Å²) < 4.78 is 8.32. The van der Waals surface area contributed by atoms with Gasteiger partial charge in [0, 0.05) is 22.6 Å². The van der Waals surface area contributed by atoms with Crippen LogP contribution in [-0.4, -0.2) is 14.9 Å². The first kappa shape index (κ1) is 15.4. The van der Waals surface area contributed by atoms with E-state index in [0.717, 1.165) is 21.3 Å². The van der Waals surface area contributed by atoms with Gasteiger partial charge < -0.3 is 9.84 Å². The number of nitrogens with zero attached hydrogens (tertiary/aromatic N) is 2. The number of hydrogen-bond acceptors (Lipinski definition) is 3. The van der Waals surface area contributed by atoms with Crippen molar-refractivity contribution >= 4 is 27.5 Å². The first-order valence-electron chi connectivity index (χ1n) is 6.18. The third-order valence-electron chi connectivity index (χ3n) is 3.07. The zero-order chi connectivity index (χ0) is 14.9. The molecule has 0 aliphatic carbocycles. The van der Waals surface area contributed by atoms with Crippen molar-refractivity contribution in [1.29, 1.82) is 0 Å². The topological polar surface area (TPSA) is 47.3 Å². The summed E-state index contributed by atoms with van der Waals surface area (Å²) in [6.07, 6.45) is -0.594. The van der Waals surface area contributed by atoms with Crippen LogP contribution in [0.4, 0.5) is 0 Å². The van der Waals surface area contributed by atoms with E-state index in [2.05, 4.69) is 21.0 Å². The van der Waals surface area contributed by atoms with Crippen LogP contribution in [0.3, 0.4) is 0 Å². The summed E-state index contributed by atoms with van der Waals surface area (Å²) in [5.41, 5.74) is 2.43. The Labute approximate surface area is 131 Å². The summed E-state index contributed by atoms with van der Waals surface area (Å²) in [5, 5.41) is 14.6. The minimum absolute atomic E-state index is 0.314. The maximum absolute atomic E-state index is 9.77. The number of halogens is 2. The first-order chi connectivity index (χ1) is 9.40. The molecule has 1 N–H and O–H groups in total. The summed E-state index contributed by atoms with van der Waals surface area (Å²) in [6, 6.07) is 5.54. The third-order valence-corrected chi connectivity index (χ3v) is 4.03. The molecule has 0 spiro atoms. The molecule has 0 saturated carbocycles. The third kappa shape index (κ3) is 3.16. The number of aliphatic hydroxyl groups is 1. The lowest BCUT2D eigenvalue weighted by Crippen LogP contribution is -2.02. The lowest BCUT2D eigenvalue weighted by atomic mass is 10.1. The van der Waals surface area contributed by atoms with Crippen LogP contribution >= 0.6 is 27.5 Å². The van der Waals surface area contributed by atoms with E-state index in [1.54, 1.807) is 18.7 Å². The van der Waals surface area contributed by atoms with Gasteiger partial charge in [0.15, 0.2) is 0 Å². The highest BCUT2D eigenvalue weighted by Crippen LogP contribution is 2.30. The van der Waals surface area contributed by atoms with Gasteiger partial charge in [0.25, 0.3) is 0 Å². The molecule has 0 aliphatic rings. The van der Waals surface area contributed by atoms with Gasteiger partial charge in [-0.3, -0.25) is 4.68 Å². The quantitative estimate of drug-likeness (QED) is 0.904. The molecule has 0 radical (unpaired) electrons. The average molecular weight is 360 g/mol. The first-order valence-corrected chi connectivity index (χ1v) is 7.35. The van der Waals surface area contributed by atoms with Gasteiger partial charge in [0.1, 0.15) is 17.5 Å². The van der Waals surface area contributed by atoms with Crippen molar-refractivity contribution in [1.82, 2.24) is 9.78 Å². The summed E-state index contributed by atoms with van der Waals surface area (Å²) in [4.78, 5) is 0. The molecule has 0 fully saturated rings. The molecular formula is C14H16BrClN2O2. The Bertz CT molecular complexity index is 626. The molecule has 1 heterocycles. The molecular weight excluding hydrogens is 344 g/mol. The van der Waals surface area contributed by atoms with Gasteiger partial charge in [-0.1, -0.05) is 33.6 Å². The number of aliphatic hydroxyl groups excluding tert-OH is 1. The monoisotopic (exact) mass is 358 g/mol. The summed E-state index contributed by atoms with van der Waals surface area (Å²) in [6.45, 7) is 3.91. The zero-order valence-electron chi connectivity index (χ0n) is 11.5. The number of ether oxygens (including phenoxy) is 1. The second kappa shape index (κ2) is 6.16. The second-order valence-electron chi connectivity index (χ2n) is 4.63. The van der Waals surface area contributed by atoms with Gasteiger partial charge in [-0.15, -0.1) is 0 Å². The molecule has 108 valence electrons. The molecule has 20 heavy (non-hydrogen) atoms. The molecule has 1 aromatic carbocycles. The largest absolute Gasteiger partial charge is 0.488 e. The van der Waals surface area contributed by atoms with Crippen LogP contribution < -0.4 is 4.74 Å². The maximum Gasteiger partial charge on any atom is 0.133 e. The molecule has 0 unspecified atom stereocenters. The molecule has 0 aliphatic heterocycles. The van der Waals surface area contributed by atoms with Gasteiger partial charge in [0.2, 0.25) is 0 Å². The fourth-order valence-corrected chi connectivity index (χ4v) is 2.54. The van der Waals surface area contributed by atoms with Gasteiger partial charge in [-0.2, -0.15) is 5.10 Å². The van der Waals surface area contributed by atoms with Gasteiger partial charge in [-0.25, -0.2) is 0 Å². The molecule has 6 heteroatoms. The predicted molar refractivity (Wildman–Crippen MR) is 82.1 cm³/mol. The van der Waals surface area contributed by atoms with E-state index in [0.29, 0.717) is 17.5 Å². The lowest BCUT2D eigenvalue weighted by Gasteiger charge is -2.14. The van der Waals surface area contributed by atoms with Crippen molar-refractivity contribution in [3.63, 3.8) is 0 Å². The normalized spacial score (nSPS) is 12.5. The van der Waals surface area contributed by atoms with Gasteiger partial charge in [-0.05, 0) is 26.0 Å². The summed E-state index contributed by atoms with van der Waals surface area (Å²) in [7, 11) is 1.79. The minimum atomic E-state index is -0.594. The van der Waals surface area contributed by atoms with E-state index in [1.165, 1.54) is 0 Å². The smallest absolute Gasteiger partial charge is 0.133 e. The van der Waals surface area contributed by atoms with Crippen LogP contribution in [0.1, 0.15) is 29.8 Å². The Morgan fingerprint density at radius 2 is 2.20 bits per heavy atom. The molecule has 0 saturated heterocycles. The van der Waals surface area contributed by atoms with Crippen molar-refractivity contribution < 1.29 is 9.84 Å². The summed E-state index contributed by atoms with van der Waals surface area (Å²) in [5.74, 6) is 0.633. The Kier molecular flexibility index (Phi) is 4.73. The molecule has 2 rings (SSSR count). The highest BCUT2D eigenvalue weighted by Gasteiger charge is 2.14. The van der Waals surface area contributed by atoms with Crippen molar-refractivity contribution in [2.45, 2.75) is 26.6 Å². The molecule has 2 aromatic rings. The SMILES string of the molecule is Cc1nn(C)c(Cl)c1COc1cc(Br)ccc1[C@@H](C)O. The number of aromatic nitrogens is 2. The van der Waals surface area contributed by atoms with E-state index in [4.69, 9.17) is 16.3 Å². The number of hydrogen-bond donors (Lipinski definition) is 1. The van der Waals surface area contributed by atoms with Crippen molar-refractivity contribution in [2.75, 3.05) is 0 Å². The number of benzene rings is 1. The second-order valence-corrected chi connectivity index (χ2v) is 5.90. The fourth-order valence-electron chi connectivity index (χ4n) is 1.97. The molecule has 4 nitrogen and oxygen atoms in total. The Balaban J connectivity index is 2.24. The molecule has 1 atom stereocenters. The van der Waals surface area contributed by atoms with Crippen molar-refractivity contribution in [3.05, 3.63) is 44.6 Å². The predicted octanol–water partition coefficient (Wildman–Crippen LogP) is 3.78. The molecule has 1 aromatic heterocycles. The van der Waals surface area contributed by atoms with Crippen LogP contribution in [0.5, 0.6) is 5.75 Å². The van der Waals surface area contributed by atoms with Gasteiger partial charge in [0.05, 0.1) is 11.8 Å². The van der Waals surface area contributed by atoms with E-state index in [1.807, 2.05) is 25.1 Å². The summed E-state index contributed by atoms with van der Waals surface area (Å²) >= 11 is 9.58. The maximum atomic E-state index is 9.77. The van der Waals surface area contributed by atoms with Crippen molar-refractivity contribution in [2.24, 2.45) is 7.05 Å². The van der Waals surface area contributed by atoms with E-state index in [-0.39, 0.29) is 0 Å². The lowest BCUT2D eigenvalue weighted by molar-refractivity contribution is 0.190. The van der Waals surface area contributed by atoms with Gasteiger partial charge >= 0.3 is 0 Å². The van der Waals surface area contributed by atoms with Crippen molar-refractivity contribution in [3.8, 4) is 5.75 Å². The highest BCUT2D eigenvalue weighted by atomic mass is 79.9. The van der Waals surface area contributed by atoms with Crippen LogP contribution in [0.15, 0.2) is 22.7 Å². The molecule has 0 bridgehead atoms. The van der Waals surface area contributed by atoms with Crippen LogP contribution in [0.25, 0.3) is 0 Å². The highest BCUT2D eigenvalue weighted by molar-refractivity contribution is 9.10. The Hall–Kier alpha value is -1.04. The fraction of sp³-hybridized carbons (Fsp3) is 0.357. The van der Waals surface area contributed by atoms with Crippen LogP contribution in [0.2, 0.25) is 5.15 Å². The van der Waals surface area contributed by atoms with E-state index >= 15 is 0 Å². The standard InChI is InChI=1S/C14H16BrClN2O2/c1-8-12(14(16)18(3)17-8)7-20-13-6-10(15)4-5-11(13)9(2)19/h4-6,9,19H,7H2,1-3H3/t9-/m1/s1. The van der Waals surface area contributed by atoms with E-state index in [9.17, 15) is 5.11 Å². The van der Waals surface area contributed by atoms with Crippen LogP contribution in [-0.2, 0) is 13.7 Å². The zero-order valence-corrected chi connectivity index (χ0v) is 13.9. The van der Waals surface area contributed by atoms with Crippen LogP contribution in [0, 0.1) is 6.92 Å².